The second-order valence-corrected chi connectivity index (χ2v) is 5.61. The highest BCUT2D eigenvalue weighted by Crippen LogP contribution is 2.15. The van der Waals surface area contributed by atoms with E-state index in [0.717, 1.165) is 26.2 Å². The van der Waals surface area contributed by atoms with E-state index < -0.39 is 5.60 Å². The maximum Gasteiger partial charge on any atom is 0.410 e. The molecule has 1 aliphatic rings. The summed E-state index contributed by atoms with van der Waals surface area (Å²) in [5.41, 5.74) is 5.11. The van der Waals surface area contributed by atoms with Crippen LogP contribution in [0.2, 0.25) is 0 Å². The van der Waals surface area contributed by atoms with E-state index >= 15 is 0 Å². The van der Waals surface area contributed by atoms with Crippen molar-refractivity contribution in [2.75, 3.05) is 32.7 Å². The Bertz CT molecular complexity index is 263. The molecule has 0 aromatic heterocycles. The smallest absolute Gasteiger partial charge is 0.410 e. The van der Waals surface area contributed by atoms with Crippen molar-refractivity contribution in [2.45, 2.75) is 39.3 Å². The zero-order valence-electron chi connectivity index (χ0n) is 11.4. The quantitative estimate of drug-likeness (QED) is 0.782. The second kappa shape index (κ2) is 5.69. The SMILES string of the molecule is C[C@@H]1CN(CCN)CCN1C(=O)OC(C)(C)C. The van der Waals surface area contributed by atoms with Gasteiger partial charge in [-0.15, -0.1) is 0 Å². The first-order valence-electron chi connectivity index (χ1n) is 6.25. The van der Waals surface area contributed by atoms with Gasteiger partial charge in [-0.05, 0) is 27.7 Å². The molecule has 1 amide bonds. The molecule has 0 spiro atoms. The highest BCUT2D eigenvalue weighted by atomic mass is 16.6. The third-order valence-corrected chi connectivity index (χ3v) is 2.78. The first-order valence-corrected chi connectivity index (χ1v) is 6.25. The van der Waals surface area contributed by atoms with Crippen LogP contribution in [0.3, 0.4) is 0 Å². The summed E-state index contributed by atoms with van der Waals surface area (Å²) >= 11 is 0. The summed E-state index contributed by atoms with van der Waals surface area (Å²) in [7, 11) is 0. The molecule has 0 bridgehead atoms. The summed E-state index contributed by atoms with van der Waals surface area (Å²) < 4.78 is 5.39. The lowest BCUT2D eigenvalue weighted by molar-refractivity contribution is 0.00187. The van der Waals surface area contributed by atoms with Gasteiger partial charge in [0.2, 0.25) is 0 Å². The van der Waals surface area contributed by atoms with Crippen LogP contribution in [-0.4, -0.2) is 60.3 Å². The molecule has 2 N–H and O–H groups in total. The van der Waals surface area contributed by atoms with Gasteiger partial charge in [-0.2, -0.15) is 0 Å². The summed E-state index contributed by atoms with van der Waals surface area (Å²) in [5, 5.41) is 0. The average molecular weight is 243 g/mol. The topological polar surface area (TPSA) is 58.8 Å². The predicted molar refractivity (Wildman–Crippen MR) is 67.9 cm³/mol. The Labute approximate surface area is 104 Å². The van der Waals surface area contributed by atoms with Crippen molar-refractivity contribution in [2.24, 2.45) is 5.73 Å². The summed E-state index contributed by atoms with van der Waals surface area (Å²) in [5.74, 6) is 0. The fourth-order valence-corrected chi connectivity index (χ4v) is 2.01. The number of nitrogens with zero attached hydrogens (tertiary/aromatic N) is 2. The number of piperazine rings is 1. The van der Waals surface area contributed by atoms with Gasteiger partial charge in [-0.25, -0.2) is 4.79 Å². The van der Waals surface area contributed by atoms with E-state index in [1.165, 1.54) is 0 Å². The van der Waals surface area contributed by atoms with E-state index in [-0.39, 0.29) is 12.1 Å². The van der Waals surface area contributed by atoms with Crippen LogP contribution in [0.5, 0.6) is 0 Å². The molecule has 0 unspecified atom stereocenters. The fraction of sp³-hybridized carbons (Fsp3) is 0.917. The van der Waals surface area contributed by atoms with E-state index in [0.29, 0.717) is 6.54 Å². The van der Waals surface area contributed by atoms with Gasteiger partial charge in [-0.3, -0.25) is 4.90 Å². The Morgan fingerprint density at radius 1 is 1.41 bits per heavy atom. The Balaban J connectivity index is 2.49. The van der Waals surface area contributed by atoms with Crippen LogP contribution in [0.4, 0.5) is 4.79 Å². The number of rotatable bonds is 2. The van der Waals surface area contributed by atoms with E-state index in [9.17, 15) is 4.79 Å². The lowest BCUT2D eigenvalue weighted by Crippen LogP contribution is -2.55. The molecule has 0 saturated carbocycles. The first-order chi connectivity index (χ1) is 7.83. The number of carbonyl (C=O) groups is 1. The van der Waals surface area contributed by atoms with Gasteiger partial charge in [0.25, 0.3) is 0 Å². The van der Waals surface area contributed by atoms with Crippen LogP contribution in [0.1, 0.15) is 27.7 Å². The summed E-state index contributed by atoms with van der Waals surface area (Å²) in [6.45, 7) is 11.7. The van der Waals surface area contributed by atoms with Gasteiger partial charge < -0.3 is 15.4 Å². The van der Waals surface area contributed by atoms with Crippen molar-refractivity contribution < 1.29 is 9.53 Å². The molecule has 0 aromatic rings. The molecule has 0 radical (unpaired) electrons. The summed E-state index contributed by atoms with van der Waals surface area (Å²) in [6.07, 6.45) is -0.211. The predicted octanol–water partition coefficient (Wildman–Crippen LogP) is 0.886. The fourth-order valence-electron chi connectivity index (χ4n) is 2.01. The molecule has 1 rings (SSSR count). The normalized spacial score (nSPS) is 22.6. The average Bonchev–Trinajstić information content (AvgIpc) is 2.15. The maximum atomic E-state index is 11.9. The van der Waals surface area contributed by atoms with Crippen LogP contribution in [0, 0.1) is 0 Å². The van der Waals surface area contributed by atoms with E-state index in [2.05, 4.69) is 4.90 Å². The molecule has 1 fully saturated rings. The molecule has 5 heteroatoms. The first kappa shape index (κ1) is 14.3. The molecule has 1 saturated heterocycles. The highest BCUT2D eigenvalue weighted by molar-refractivity contribution is 5.68. The molecule has 0 aromatic carbocycles. The van der Waals surface area contributed by atoms with E-state index in [1.54, 1.807) is 4.90 Å². The zero-order valence-corrected chi connectivity index (χ0v) is 11.4. The van der Waals surface area contributed by atoms with Gasteiger partial charge in [0.05, 0.1) is 0 Å². The minimum absolute atomic E-state index is 0.185. The standard InChI is InChI=1S/C12H25N3O2/c1-10-9-14(6-5-13)7-8-15(10)11(16)17-12(2,3)4/h10H,5-9,13H2,1-4H3/t10-/m1/s1. The van der Waals surface area contributed by atoms with Crippen molar-refractivity contribution in [3.63, 3.8) is 0 Å². The second-order valence-electron chi connectivity index (χ2n) is 5.61. The zero-order chi connectivity index (χ0) is 13.1. The summed E-state index contributed by atoms with van der Waals surface area (Å²) in [6, 6.07) is 0.185. The minimum atomic E-state index is -0.425. The molecule has 17 heavy (non-hydrogen) atoms. The molecule has 100 valence electrons. The molecule has 1 atom stereocenters. The van der Waals surface area contributed by atoms with Crippen LogP contribution >= 0.6 is 0 Å². The van der Waals surface area contributed by atoms with Gasteiger partial charge in [-0.1, -0.05) is 0 Å². The Morgan fingerprint density at radius 3 is 2.53 bits per heavy atom. The maximum absolute atomic E-state index is 11.9. The van der Waals surface area contributed by atoms with Crippen molar-refractivity contribution in [3.8, 4) is 0 Å². The van der Waals surface area contributed by atoms with Gasteiger partial charge in [0.1, 0.15) is 5.60 Å². The third kappa shape index (κ3) is 4.52. The number of hydrogen-bond donors (Lipinski definition) is 1. The van der Waals surface area contributed by atoms with Gasteiger partial charge in [0.15, 0.2) is 0 Å². The van der Waals surface area contributed by atoms with Crippen molar-refractivity contribution in [3.05, 3.63) is 0 Å². The molecule has 1 heterocycles. The largest absolute Gasteiger partial charge is 0.444 e. The lowest BCUT2D eigenvalue weighted by atomic mass is 10.2. The highest BCUT2D eigenvalue weighted by Gasteiger charge is 2.30. The third-order valence-electron chi connectivity index (χ3n) is 2.78. The van der Waals surface area contributed by atoms with Crippen molar-refractivity contribution >= 4 is 6.09 Å². The lowest BCUT2D eigenvalue weighted by Gasteiger charge is -2.40. The van der Waals surface area contributed by atoms with Gasteiger partial charge >= 0.3 is 6.09 Å². The number of nitrogens with two attached hydrogens (primary N) is 1. The monoisotopic (exact) mass is 243 g/mol. The summed E-state index contributed by atoms with van der Waals surface area (Å²) in [4.78, 5) is 16.0. The molecular weight excluding hydrogens is 218 g/mol. The molecule has 0 aliphatic carbocycles. The number of hydrogen-bond acceptors (Lipinski definition) is 4. The van der Waals surface area contributed by atoms with E-state index in [4.69, 9.17) is 10.5 Å². The number of amides is 1. The van der Waals surface area contributed by atoms with Crippen LogP contribution in [0.25, 0.3) is 0 Å². The van der Waals surface area contributed by atoms with Crippen LogP contribution in [0.15, 0.2) is 0 Å². The number of carbonyl (C=O) groups excluding carboxylic acids is 1. The molecular formula is C12H25N3O2. The van der Waals surface area contributed by atoms with Crippen molar-refractivity contribution in [1.82, 2.24) is 9.80 Å². The Hall–Kier alpha value is -0.810. The molecule has 1 aliphatic heterocycles. The van der Waals surface area contributed by atoms with Gasteiger partial charge in [0, 0.05) is 38.8 Å². The van der Waals surface area contributed by atoms with E-state index in [1.807, 2.05) is 27.7 Å². The minimum Gasteiger partial charge on any atom is -0.444 e. The van der Waals surface area contributed by atoms with Crippen LogP contribution in [-0.2, 0) is 4.74 Å². The van der Waals surface area contributed by atoms with Crippen LogP contribution < -0.4 is 5.73 Å². The molecule has 5 nitrogen and oxygen atoms in total. The Morgan fingerprint density at radius 2 is 2.06 bits per heavy atom. The Kier molecular flexibility index (Phi) is 4.77. The van der Waals surface area contributed by atoms with Crippen molar-refractivity contribution in [1.29, 1.82) is 0 Å². The number of ether oxygens (including phenoxy) is 1.